The molecule has 15 heteroatoms. The van der Waals surface area contributed by atoms with Gasteiger partial charge in [0.25, 0.3) is 5.56 Å². The number of carboxylic acid groups (broad SMARTS) is 1. The van der Waals surface area contributed by atoms with Gasteiger partial charge in [0.05, 0.1) is 25.6 Å². The number of hydrogen-bond donors (Lipinski definition) is 5. The van der Waals surface area contributed by atoms with Crippen LogP contribution in [-0.2, 0) is 23.4 Å². The van der Waals surface area contributed by atoms with E-state index in [1.54, 1.807) is 0 Å². The van der Waals surface area contributed by atoms with Crippen LogP contribution in [0, 0.1) is 0 Å². The molecule has 0 radical (unpaired) electrons. The lowest BCUT2D eigenvalue weighted by Gasteiger charge is -2.17. The Bertz CT molecular complexity index is 1010. The zero-order valence-corrected chi connectivity index (χ0v) is 16.6. The van der Waals surface area contributed by atoms with Crippen molar-refractivity contribution in [1.29, 1.82) is 0 Å². The topological polar surface area (TPSA) is 212 Å². The molecule has 1 fully saturated rings. The van der Waals surface area contributed by atoms with Crippen LogP contribution >= 0.6 is 7.60 Å². The van der Waals surface area contributed by atoms with E-state index in [9.17, 15) is 24.2 Å². The van der Waals surface area contributed by atoms with Gasteiger partial charge in [0, 0.05) is 13.0 Å². The Morgan fingerprint density at radius 2 is 2.23 bits per heavy atom. The fourth-order valence-corrected chi connectivity index (χ4v) is 3.93. The summed E-state index contributed by atoms with van der Waals surface area (Å²) < 4.78 is 29.2. The third kappa shape index (κ3) is 5.22. The number of aromatic amines is 1. The molecule has 1 aliphatic heterocycles. The first-order valence-corrected chi connectivity index (χ1v) is 10.7. The van der Waals surface area contributed by atoms with Crippen molar-refractivity contribution in [3.05, 3.63) is 16.7 Å². The summed E-state index contributed by atoms with van der Waals surface area (Å²) in [5.41, 5.74) is 5.45. The molecule has 0 aromatic carbocycles. The number of aliphatic hydroxyl groups is 1. The molecule has 1 aliphatic rings. The molecule has 3 heterocycles. The molecule has 0 amide bonds. The molecule has 1 saturated heterocycles. The summed E-state index contributed by atoms with van der Waals surface area (Å²) in [5.74, 6) is -1.50. The highest BCUT2D eigenvalue weighted by molar-refractivity contribution is 7.53. The number of fused-ring (bicyclic) bond motifs is 1. The fourth-order valence-electron chi connectivity index (χ4n) is 3.08. The maximum Gasteiger partial charge on any atom is 0.339 e. The zero-order valence-electron chi connectivity index (χ0n) is 15.7. The van der Waals surface area contributed by atoms with E-state index in [4.69, 9.17) is 24.8 Å². The van der Waals surface area contributed by atoms with Crippen LogP contribution in [0.4, 0.5) is 5.95 Å². The first-order chi connectivity index (χ1) is 14.2. The molecule has 0 spiro atoms. The Labute approximate surface area is 169 Å². The van der Waals surface area contributed by atoms with Gasteiger partial charge in [0.15, 0.2) is 11.2 Å². The van der Waals surface area contributed by atoms with E-state index in [0.29, 0.717) is 6.42 Å². The van der Waals surface area contributed by atoms with Crippen molar-refractivity contribution >= 4 is 30.7 Å². The molecule has 2 aromatic rings. The van der Waals surface area contributed by atoms with E-state index in [1.165, 1.54) is 10.9 Å². The van der Waals surface area contributed by atoms with Crippen molar-refractivity contribution in [2.24, 2.45) is 0 Å². The Balaban J connectivity index is 1.56. The lowest BCUT2D eigenvalue weighted by Crippen LogP contribution is -2.28. The highest BCUT2D eigenvalue weighted by Crippen LogP contribution is 2.41. The van der Waals surface area contributed by atoms with Gasteiger partial charge in [-0.2, -0.15) is 4.98 Å². The number of aromatic nitrogens is 4. The van der Waals surface area contributed by atoms with Gasteiger partial charge in [-0.3, -0.25) is 23.7 Å². The van der Waals surface area contributed by atoms with Crippen LogP contribution in [0.2, 0.25) is 0 Å². The smallest absolute Gasteiger partial charge is 0.339 e. The van der Waals surface area contributed by atoms with Gasteiger partial charge in [0.2, 0.25) is 5.95 Å². The number of carboxylic acids is 1. The van der Waals surface area contributed by atoms with E-state index in [-0.39, 0.29) is 43.4 Å². The SMILES string of the molecule is Nc1nc2c(ncn2C2CC(OCCCOP(=O)(O)CC(=O)O)C(CO)O2)c(=O)[nH]1. The van der Waals surface area contributed by atoms with Crippen molar-refractivity contribution in [2.45, 2.75) is 31.3 Å². The number of H-pyrrole nitrogens is 1. The van der Waals surface area contributed by atoms with Gasteiger partial charge in [-0.15, -0.1) is 0 Å². The highest BCUT2D eigenvalue weighted by Gasteiger charge is 2.37. The molecular weight excluding hydrogens is 425 g/mol. The molecule has 3 rings (SSSR count). The predicted octanol–water partition coefficient (Wildman–Crippen LogP) is -0.956. The second-order valence-electron chi connectivity index (χ2n) is 6.61. The molecule has 4 unspecified atom stereocenters. The van der Waals surface area contributed by atoms with Crippen LogP contribution in [0.25, 0.3) is 11.2 Å². The average molecular weight is 447 g/mol. The quantitative estimate of drug-likeness (QED) is 0.220. The minimum Gasteiger partial charge on any atom is -0.481 e. The number of imidazole rings is 1. The summed E-state index contributed by atoms with van der Waals surface area (Å²) in [5, 5.41) is 18.1. The Kier molecular flexibility index (Phi) is 6.85. The van der Waals surface area contributed by atoms with Crippen LogP contribution in [0.5, 0.6) is 0 Å². The fraction of sp³-hybridized carbons (Fsp3) is 0.600. The highest BCUT2D eigenvalue weighted by atomic mass is 31.2. The molecule has 4 atom stereocenters. The average Bonchev–Trinajstić information content (AvgIpc) is 3.23. The van der Waals surface area contributed by atoms with E-state index < -0.39 is 43.7 Å². The lowest BCUT2D eigenvalue weighted by molar-refractivity contribution is -0.134. The zero-order chi connectivity index (χ0) is 21.9. The molecule has 0 aliphatic carbocycles. The van der Waals surface area contributed by atoms with Crippen molar-refractivity contribution in [3.8, 4) is 0 Å². The summed E-state index contributed by atoms with van der Waals surface area (Å²) in [4.78, 5) is 42.2. The number of aliphatic hydroxyl groups excluding tert-OH is 1. The second-order valence-corrected chi connectivity index (χ2v) is 8.46. The van der Waals surface area contributed by atoms with E-state index >= 15 is 0 Å². The van der Waals surface area contributed by atoms with Crippen LogP contribution in [0.15, 0.2) is 11.1 Å². The number of anilines is 1. The van der Waals surface area contributed by atoms with Crippen molar-refractivity contribution in [1.82, 2.24) is 19.5 Å². The monoisotopic (exact) mass is 447 g/mol. The maximum atomic E-state index is 11.9. The number of ether oxygens (including phenoxy) is 2. The number of nitrogens with one attached hydrogen (secondary N) is 1. The molecule has 0 saturated carbocycles. The minimum absolute atomic E-state index is 0.0668. The van der Waals surface area contributed by atoms with Gasteiger partial charge in [-0.25, -0.2) is 4.98 Å². The molecule has 166 valence electrons. The molecular formula is C15H22N5O9P. The summed E-state index contributed by atoms with van der Waals surface area (Å²) in [6.07, 6.45) is -0.786. The normalized spacial score (nSPS) is 23.6. The largest absolute Gasteiger partial charge is 0.481 e. The third-order valence-corrected chi connectivity index (χ3v) is 5.63. The van der Waals surface area contributed by atoms with E-state index in [0.717, 1.165) is 0 Å². The summed E-state index contributed by atoms with van der Waals surface area (Å²) in [6, 6.07) is 0. The molecule has 2 aromatic heterocycles. The van der Waals surface area contributed by atoms with Crippen LogP contribution in [0.3, 0.4) is 0 Å². The number of nitrogens with two attached hydrogens (primary N) is 1. The van der Waals surface area contributed by atoms with E-state index in [2.05, 4.69) is 15.0 Å². The van der Waals surface area contributed by atoms with Crippen LogP contribution in [0.1, 0.15) is 19.1 Å². The first kappa shape index (κ1) is 22.3. The van der Waals surface area contributed by atoms with Gasteiger partial charge >= 0.3 is 13.6 Å². The maximum absolute atomic E-state index is 11.9. The number of rotatable bonds is 10. The number of nitrogens with zero attached hydrogens (tertiary/aromatic N) is 3. The van der Waals surface area contributed by atoms with Crippen LogP contribution in [-0.4, -0.2) is 78.8 Å². The Morgan fingerprint density at radius 3 is 2.93 bits per heavy atom. The lowest BCUT2D eigenvalue weighted by atomic mass is 10.2. The van der Waals surface area contributed by atoms with Gasteiger partial charge in [-0.05, 0) is 6.42 Å². The first-order valence-electron chi connectivity index (χ1n) is 8.98. The van der Waals surface area contributed by atoms with Crippen molar-refractivity contribution < 1.29 is 38.5 Å². The molecule has 0 bridgehead atoms. The summed E-state index contributed by atoms with van der Waals surface area (Å²) in [7, 11) is -4.18. The number of aliphatic carboxylic acids is 1. The molecule has 14 nitrogen and oxygen atoms in total. The summed E-state index contributed by atoms with van der Waals surface area (Å²) in [6.45, 7) is -0.356. The standard InChI is InChI=1S/C15H22N5O9P/c16-15-18-13-12(14(24)19-15)17-7-20(13)10-4-8(9(5-21)29-10)27-2-1-3-28-30(25,26)6-11(22)23/h7-10,21H,1-6H2,(H,22,23)(H,25,26)(H3,16,18,19,24). The molecule has 6 N–H and O–H groups in total. The molecule has 30 heavy (non-hydrogen) atoms. The van der Waals surface area contributed by atoms with E-state index in [1.807, 2.05) is 0 Å². The van der Waals surface area contributed by atoms with Gasteiger partial charge in [-0.1, -0.05) is 0 Å². The predicted molar refractivity (Wildman–Crippen MR) is 101 cm³/mol. The van der Waals surface area contributed by atoms with Gasteiger partial charge in [0.1, 0.15) is 18.5 Å². The van der Waals surface area contributed by atoms with Crippen LogP contribution < -0.4 is 11.3 Å². The number of hydrogen-bond acceptors (Lipinski definition) is 10. The van der Waals surface area contributed by atoms with Crippen molar-refractivity contribution in [3.63, 3.8) is 0 Å². The van der Waals surface area contributed by atoms with Gasteiger partial charge < -0.3 is 34.8 Å². The number of carbonyl (C=O) groups is 1. The number of nitrogen functional groups attached to an aromatic ring is 1. The van der Waals surface area contributed by atoms with Crippen molar-refractivity contribution in [2.75, 3.05) is 31.7 Å². The minimum atomic E-state index is -4.18. The summed E-state index contributed by atoms with van der Waals surface area (Å²) >= 11 is 0. The Hall–Kier alpha value is -2.35. The Morgan fingerprint density at radius 1 is 1.47 bits per heavy atom. The third-order valence-electron chi connectivity index (χ3n) is 4.37. The second kappa shape index (κ2) is 9.20.